The molecule has 1 heterocycles. The molecule has 0 aromatic carbocycles. The molecule has 0 radical (unpaired) electrons. The van der Waals surface area contributed by atoms with Crippen molar-refractivity contribution in [1.82, 2.24) is 15.2 Å². The maximum absolute atomic E-state index is 12.7. The third-order valence-electron chi connectivity index (χ3n) is 7.43. The fourth-order valence-corrected chi connectivity index (χ4v) is 6.59. The number of hydrogen-bond donors (Lipinski definition) is 2. The van der Waals surface area contributed by atoms with E-state index in [0.717, 1.165) is 37.1 Å². The number of carbonyl (C=O) groups excluding carboxylic acids is 1. The Morgan fingerprint density at radius 1 is 1.11 bits per heavy atom. The summed E-state index contributed by atoms with van der Waals surface area (Å²) in [5.41, 5.74) is 7.59. The molecule has 4 bridgehead atoms. The molecule has 154 valence electrons. The van der Waals surface area contributed by atoms with E-state index in [-0.39, 0.29) is 6.03 Å². The van der Waals surface area contributed by atoms with E-state index in [2.05, 4.69) is 10.3 Å². The Hall–Kier alpha value is -1.62. The number of amides is 2. The predicted molar refractivity (Wildman–Crippen MR) is 112 cm³/mol. The van der Waals surface area contributed by atoms with Gasteiger partial charge in [0.15, 0.2) is 0 Å². The number of urea groups is 1. The fraction of sp³-hybridized carbons (Fsp3) is 0.739. The van der Waals surface area contributed by atoms with Crippen molar-refractivity contribution in [3.63, 3.8) is 0 Å². The van der Waals surface area contributed by atoms with Crippen LogP contribution < -0.4 is 11.1 Å². The number of aryl methyl sites for hydroxylation is 1. The lowest BCUT2D eigenvalue weighted by Crippen LogP contribution is -2.49. The Morgan fingerprint density at radius 2 is 1.75 bits per heavy atom. The molecule has 1 aromatic rings. The van der Waals surface area contributed by atoms with Crippen LogP contribution in [0.1, 0.15) is 56.9 Å². The summed E-state index contributed by atoms with van der Waals surface area (Å²) in [6.45, 7) is 2.76. The first-order valence-electron chi connectivity index (χ1n) is 11.3. The first kappa shape index (κ1) is 19.7. The number of aromatic nitrogens is 1. The van der Waals surface area contributed by atoms with Crippen molar-refractivity contribution in [2.75, 3.05) is 26.2 Å². The van der Waals surface area contributed by atoms with Gasteiger partial charge in [0.2, 0.25) is 0 Å². The van der Waals surface area contributed by atoms with Crippen LogP contribution in [0.3, 0.4) is 0 Å². The van der Waals surface area contributed by atoms with Gasteiger partial charge in [-0.3, -0.25) is 4.98 Å². The van der Waals surface area contributed by atoms with E-state index in [4.69, 9.17) is 5.73 Å². The largest absolute Gasteiger partial charge is 0.338 e. The van der Waals surface area contributed by atoms with Crippen LogP contribution in [0.2, 0.25) is 0 Å². The number of pyridine rings is 1. The Bertz CT molecular complexity index is 612. The molecule has 2 amide bonds. The van der Waals surface area contributed by atoms with Gasteiger partial charge in [-0.1, -0.05) is 0 Å². The summed E-state index contributed by atoms with van der Waals surface area (Å²) in [4.78, 5) is 18.7. The molecule has 3 N–H and O–H groups in total. The normalized spacial score (nSPS) is 30.4. The molecule has 0 saturated heterocycles. The second-order valence-corrected chi connectivity index (χ2v) is 9.63. The lowest BCUT2D eigenvalue weighted by molar-refractivity contribution is -0.0595. The number of nitrogens with two attached hydrogens (primary N) is 1. The average Bonchev–Trinajstić information content (AvgIpc) is 2.68. The quantitative estimate of drug-likeness (QED) is 0.639. The van der Waals surface area contributed by atoms with Gasteiger partial charge in [0.05, 0.1) is 0 Å². The summed E-state index contributed by atoms with van der Waals surface area (Å²) in [5, 5.41) is 3.11. The summed E-state index contributed by atoms with van der Waals surface area (Å²) >= 11 is 0. The number of hydrogen-bond acceptors (Lipinski definition) is 3. The summed E-state index contributed by atoms with van der Waals surface area (Å²) < 4.78 is 0. The van der Waals surface area contributed by atoms with Crippen LogP contribution in [0.25, 0.3) is 0 Å². The van der Waals surface area contributed by atoms with Crippen molar-refractivity contribution in [3.05, 3.63) is 30.1 Å². The zero-order valence-electron chi connectivity index (χ0n) is 17.1. The average molecular weight is 385 g/mol. The lowest BCUT2D eigenvalue weighted by Gasteiger charge is -2.57. The Balaban J connectivity index is 1.23. The predicted octanol–water partition coefficient (Wildman–Crippen LogP) is 3.59. The highest BCUT2D eigenvalue weighted by Gasteiger charge is 2.50. The van der Waals surface area contributed by atoms with Gasteiger partial charge < -0.3 is 16.0 Å². The van der Waals surface area contributed by atoms with E-state index >= 15 is 0 Å². The van der Waals surface area contributed by atoms with Crippen molar-refractivity contribution >= 4 is 6.03 Å². The van der Waals surface area contributed by atoms with Gasteiger partial charge in [-0.2, -0.15) is 0 Å². The molecule has 0 atom stereocenters. The van der Waals surface area contributed by atoms with Crippen molar-refractivity contribution in [2.24, 2.45) is 28.9 Å². The maximum Gasteiger partial charge on any atom is 0.317 e. The summed E-state index contributed by atoms with van der Waals surface area (Å²) in [5.74, 6) is 2.91. The SMILES string of the molecule is NCCN(CCC12CC3CC(CC(C3)C1)C2)C(=O)NCCCc1ccncc1. The second kappa shape index (κ2) is 8.81. The number of carbonyl (C=O) groups is 1. The van der Waals surface area contributed by atoms with Crippen LogP contribution in [-0.2, 0) is 6.42 Å². The van der Waals surface area contributed by atoms with Crippen LogP contribution in [-0.4, -0.2) is 42.1 Å². The van der Waals surface area contributed by atoms with Crippen LogP contribution >= 0.6 is 0 Å². The third-order valence-corrected chi connectivity index (χ3v) is 7.43. The van der Waals surface area contributed by atoms with Crippen LogP contribution in [0, 0.1) is 23.2 Å². The molecule has 1 aromatic heterocycles. The minimum absolute atomic E-state index is 0.0601. The van der Waals surface area contributed by atoms with Crippen molar-refractivity contribution in [2.45, 2.75) is 57.8 Å². The van der Waals surface area contributed by atoms with Gasteiger partial charge in [-0.25, -0.2) is 4.79 Å². The highest BCUT2D eigenvalue weighted by atomic mass is 16.2. The van der Waals surface area contributed by atoms with Gasteiger partial charge in [0.1, 0.15) is 0 Å². The molecule has 0 aliphatic heterocycles. The van der Waals surface area contributed by atoms with Crippen LogP contribution in [0.5, 0.6) is 0 Å². The highest BCUT2D eigenvalue weighted by Crippen LogP contribution is 2.61. The van der Waals surface area contributed by atoms with Gasteiger partial charge >= 0.3 is 6.03 Å². The smallest absolute Gasteiger partial charge is 0.317 e. The number of nitrogens with zero attached hydrogens (tertiary/aromatic N) is 2. The number of rotatable bonds is 9. The van der Waals surface area contributed by atoms with E-state index in [1.54, 1.807) is 0 Å². The molecule has 5 nitrogen and oxygen atoms in total. The topological polar surface area (TPSA) is 71.2 Å². The van der Waals surface area contributed by atoms with Crippen LogP contribution in [0.15, 0.2) is 24.5 Å². The van der Waals surface area contributed by atoms with Crippen molar-refractivity contribution in [3.8, 4) is 0 Å². The van der Waals surface area contributed by atoms with Crippen LogP contribution in [0.4, 0.5) is 4.79 Å². The standard InChI is InChI=1S/C23H36N4O/c24-6-11-27(22(28)26-7-1-2-18-3-8-25-9-4-18)10-5-23-15-19-12-20(16-23)14-21(13-19)17-23/h3-4,8-9,19-21H,1-2,5-7,10-17,24H2,(H,26,28). The summed E-state index contributed by atoms with van der Waals surface area (Å²) in [7, 11) is 0. The molecule has 5 rings (SSSR count). The van der Waals surface area contributed by atoms with E-state index in [9.17, 15) is 4.79 Å². The molecule has 4 saturated carbocycles. The van der Waals surface area contributed by atoms with Crippen molar-refractivity contribution < 1.29 is 4.79 Å². The first-order valence-corrected chi connectivity index (χ1v) is 11.3. The monoisotopic (exact) mass is 384 g/mol. The first-order chi connectivity index (χ1) is 13.7. The van der Waals surface area contributed by atoms with E-state index < -0.39 is 0 Å². The lowest BCUT2D eigenvalue weighted by atomic mass is 9.49. The maximum atomic E-state index is 12.7. The molecule has 4 aliphatic rings. The third kappa shape index (κ3) is 4.68. The molecule has 4 aliphatic carbocycles. The zero-order valence-corrected chi connectivity index (χ0v) is 17.1. The minimum Gasteiger partial charge on any atom is -0.338 e. The van der Waals surface area contributed by atoms with E-state index in [0.29, 0.717) is 25.0 Å². The van der Waals surface area contributed by atoms with E-state index in [1.807, 2.05) is 29.4 Å². The van der Waals surface area contributed by atoms with Gasteiger partial charge in [-0.05, 0) is 98.7 Å². The summed E-state index contributed by atoms with van der Waals surface area (Å²) in [6.07, 6.45) is 15.4. The van der Waals surface area contributed by atoms with Crippen molar-refractivity contribution in [1.29, 1.82) is 0 Å². The molecule has 0 unspecified atom stereocenters. The molecule has 5 heteroatoms. The van der Waals surface area contributed by atoms with Gasteiger partial charge in [-0.15, -0.1) is 0 Å². The molecular formula is C23H36N4O. The summed E-state index contributed by atoms with van der Waals surface area (Å²) in [6, 6.07) is 4.13. The Kier molecular flexibility index (Phi) is 6.19. The molecule has 4 fully saturated rings. The van der Waals surface area contributed by atoms with E-state index in [1.165, 1.54) is 50.5 Å². The minimum atomic E-state index is 0.0601. The Morgan fingerprint density at radius 3 is 2.36 bits per heavy atom. The zero-order chi connectivity index (χ0) is 19.4. The second-order valence-electron chi connectivity index (χ2n) is 9.63. The molecule has 0 spiro atoms. The molecular weight excluding hydrogens is 348 g/mol. The Labute approximate surface area is 169 Å². The number of nitrogens with one attached hydrogen (secondary N) is 1. The highest BCUT2D eigenvalue weighted by molar-refractivity contribution is 5.74. The van der Waals surface area contributed by atoms with Gasteiger partial charge in [0, 0.05) is 38.6 Å². The molecule has 28 heavy (non-hydrogen) atoms. The van der Waals surface area contributed by atoms with Gasteiger partial charge in [0.25, 0.3) is 0 Å². The fourth-order valence-electron chi connectivity index (χ4n) is 6.59.